The summed E-state index contributed by atoms with van der Waals surface area (Å²) in [6, 6.07) is 6.83. The number of methoxy groups -OCH3 is 1. The van der Waals surface area contributed by atoms with Crippen LogP contribution in [0.5, 0.6) is 0 Å². The first-order chi connectivity index (χ1) is 10.9. The molecule has 0 unspecified atom stereocenters. The summed E-state index contributed by atoms with van der Waals surface area (Å²) < 4.78 is 5.72. The molecule has 0 atom stereocenters. The van der Waals surface area contributed by atoms with Crippen LogP contribution < -0.4 is 5.32 Å². The quantitative estimate of drug-likeness (QED) is 0.662. The first-order valence-corrected chi connectivity index (χ1v) is 7.75. The van der Waals surface area contributed by atoms with E-state index in [0.717, 1.165) is 4.47 Å². The van der Waals surface area contributed by atoms with Gasteiger partial charge in [-0.1, -0.05) is 15.9 Å². The number of carboxylic acid groups (broad SMARTS) is 1. The minimum absolute atomic E-state index is 0.0270. The molecule has 0 aliphatic rings. The van der Waals surface area contributed by atoms with Gasteiger partial charge in [0.1, 0.15) is 6.54 Å². The third-order valence-electron chi connectivity index (χ3n) is 2.97. The Kier molecular flexibility index (Phi) is 8.28. The van der Waals surface area contributed by atoms with Gasteiger partial charge in [0.05, 0.1) is 6.61 Å². The van der Waals surface area contributed by atoms with Gasteiger partial charge in [0, 0.05) is 36.7 Å². The maximum atomic E-state index is 12.0. The third-order valence-corrected chi connectivity index (χ3v) is 3.50. The number of rotatable bonds is 9. The third kappa shape index (κ3) is 7.25. The highest BCUT2D eigenvalue weighted by molar-refractivity contribution is 9.10. The number of aliphatic carboxylic acids is 1. The summed E-state index contributed by atoms with van der Waals surface area (Å²) in [7, 11) is 1.47. The van der Waals surface area contributed by atoms with Crippen molar-refractivity contribution < 1.29 is 24.2 Å². The van der Waals surface area contributed by atoms with Gasteiger partial charge in [0.15, 0.2) is 0 Å². The Balaban J connectivity index is 2.45. The number of nitrogens with one attached hydrogen (secondary N) is 1. The number of ether oxygens (including phenoxy) is 1. The molecule has 8 heteroatoms. The topological polar surface area (TPSA) is 95.9 Å². The highest BCUT2D eigenvalue weighted by Crippen LogP contribution is 2.10. The Hall–Kier alpha value is -1.93. The summed E-state index contributed by atoms with van der Waals surface area (Å²) in [5, 5.41) is 11.4. The number of carbonyl (C=O) groups excluding carboxylic acids is 2. The predicted molar refractivity (Wildman–Crippen MR) is 87.2 cm³/mol. The van der Waals surface area contributed by atoms with E-state index < -0.39 is 5.97 Å². The van der Waals surface area contributed by atoms with Crippen molar-refractivity contribution in [2.45, 2.75) is 6.42 Å². The van der Waals surface area contributed by atoms with Crippen LogP contribution in [0, 0.1) is 0 Å². The van der Waals surface area contributed by atoms with Gasteiger partial charge < -0.3 is 20.1 Å². The summed E-state index contributed by atoms with van der Waals surface area (Å²) in [5.74, 6) is -1.72. The molecular formula is C15H19BrN2O5. The minimum atomic E-state index is -1.09. The molecule has 7 nitrogen and oxygen atoms in total. The summed E-state index contributed by atoms with van der Waals surface area (Å²) in [6.45, 7) is 0.201. The summed E-state index contributed by atoms with van der Waals surface area (Å²) in [5.41, 5.74) is 0.488. The molecule has 2 amide bonds. The highest BCUT2D eigenvalue weighted by atomic mass is 79.9. The Morgan fingerprint density at radius 1 is 1.26 bits per heavy atom. The Morgan fingerprint density at radius 3 is 2.48 bits per heavy atom. The number of amides is 2. The predicted octanol–water partition coefficient (Wildman–Crippen LogP) is 1.13. The van der Waals surface area contributed by atoms with Gasteiger partial charge >= 0.3 is 5.97 Å². The summed E-state index contributed by atoms with van der Waals surface area (Å²) in [4.78, 5) is 35.8. The monoisotopic (exact) mass is 386 g/mol. The zero-order chi connectivity index (χ0) is 17.2. The van der Waals surface area contributed by atoms with Crippen LogP contribution in [0.3, 0.4) is 0 Å². The molecule has 0 saturated heterocycles. The van der Waals surface area contributed by atoms with Crippen LogP contribution in [-0.2, 0) is 14.3 Å². The van der Waals surface area contributed by atoms with E-state index in [1.54, 1.807) is 24.3 Å². The number of carboxylic acids is 1. The van der Waals surface area contributed by atoms with E-state index >= 15 is 0 Å². The lowest BCUT2D eigenvalue weighted by atomic mass is 10.2. The van der Waals surface area contributed by atoms with Gasteiger partial charge in [-0.15, -0.1) is 0 Å². The van der Waals surface area contributed by atoms with Crippen molar-refractivity contribution in [1.82, 2.24) is 10.2 Å². The van der Waals surface area contributed by atoms with E-state index in [2.05, 4.69) is 21.2 Å². The summed E-state index contributed by atoms with van der Waals surface area (Å²) in [6.07, 6.45) is 0.0270. The molecule has 1 rings (SSSR count). The molecule has 2 N–H and O–H groups in total. The van der Waals surface area contributed by atoms with Gasteiger partial charge in [0.2, 0.25) is 5.91 Å². The van der Waals surface area contributed by atoms with Crippen LogP contribution in [0.25, 0.3) is 0 Å². The molecule has 0 spiro atoms. The molecule has 0 heterocycles. The fourth-order valence-corrected chi connectivity index (χ4v) is 2.07. The van der Waals surface area contributed by atoms with Crippen molar-refractivity contribution in [2.24, 2.45) is 0 Å². The largest absolute Gasteiger partial charge is 0.480 e. The maximum absolute atomic E-state index is 12.0. The van der Waals surface area contributed by atoms with Gasteiger partial charge in [-0.05, 0) is 24.3 Å². The van der Waals surface area contributed by atoms with Crippen LogP contribution in [0.15, 0.2) is 28.7 Å². The normalized spacial score (nSPS) is 10.2. The maximum Gasteiger partial charge on any atom is 0.323 e. The average Bonchev–Trinajstić information content (AvgIpc) is 2.51. The Labute approximate surface area is 142 Å². The Morgan fingerprint density at radius 2 is 1.91 bits per heavy atom. The second-order valence-electron chi connectivity index (χ2n) is 4.71. The lowest BCUT2D eigenvalue weighted by Crippen LogP contribution is -2.39. The number of carbonyl (C=O) groups is 3. The molecule has 0 saturated carbocycles. The van der Waals surface area contributed by atoms with Crippen LogP contribution in [-0.4, -0.2) is 61.1 Å². The van der Waals surface area contributed by atoms with E-state index in [9.17, 15) is 14.4 Å². The van der Waals surface area contributed by atoms with E-state index in [1.165, 1.54) is 12.0 Å². The smallest absolute Gasteiger partial charge is 0.323 e. The molecule has 0 fully saturated rings. The average molecular weight is 387 g/mol. The second-order valence-corrected chi connectivity index (χ2v) is 5.63. The molecule has 1 aromatic rings. The van der Waals surface area contributed by atoms with Gasteiger partial charge in [-0.25, -0.2) is 0 Å². The van der Waals surface area contributed by atoms with Crippen LogP contribution in [0.4, 0.5) is 0 Å². The molecule has 0 aliphatic heterocycles. The Bertz CT molecular complexity index is 547. The fraction of sp³-hybridized carbons (Fsp3) is 0.400. The van der Waals surface area contributed by atoms with E-state index in [0.29, 0.717) is 5.56 Å². The number of benzene rings is 1. The molecule has 0 aromatic heterocycles. The molecule has 0 bridgehead atoms. The number of hydrogen-bond donors (Lipinski definition) is 2. The van der Waals surface area contributed by atoms with Gasteiger partial charge in [-0.3, -0.25) is 14.4 Å². The molecule has 0 aliphatic carbocycles. The summed E-state index contributed by atoms with van der Waals surface area (Å²) >= 11 is 3.28. The van der Waals surface area contributed by atoms with Gasteiger partial charge in [-0.2, -0.15) is 0 Å². The zero-order valence-corrected chi connectivity index (χ0v) is 14.3. The minimum Gasteiger partial charge on any atom is -0.480 e. The number of hydrogen-bond acceptors (Lipinski definition) is 4. The molecule has 126 valence electrons. The lowest BCUT2D eigenvalue weighted by Gasteiger charge is -2.20. The van der Waals surface area contributed by atoms with Crippen molar-refractivity contribution in [2.75, 3.05) is 33.4 Å². The molecule has 0 radical (unpaired) electrons. The van der Waals surface area contributed by atoms with Gasteiger partial charge in [0.25, 0.3) is 5.91 Å². The second kappa shape index (κ2) is 9.96. The lowest BCUT2D eigenvalue weighted by molar-refractivity contribution is -0.144. The van der Waals surface area contributed by atoms with Crippen LogP contribution in [0.1, 0.15) is 16.8 Å². The molecular weight excluding hydrogens is 368 g/mol. The van der Waals surface area contributed by atoms with Crippen molar-refractivity contribution >= 4 is 33.7 Å². The first kappa shape index (κ1) is 19.1. The van der Waals surface area contributed by atoms with E-state index in [4.69, 9.17) is 9.84 Å². The van der Waals surface area contributed by atoms with Crippen molar-refractivity contribution in [3.05, 3.63) is 34.3 Å². The van der Waals surface area contributed by atoms with E-state index in [-0.39, 0.29) is 44.5 Å². The van der Waals surface area contributed by atoms with E-state index in [1.807, 2.05) is 0 Å². The standard InChI is InChI=1S/C15H19BrN2O5/c1-23-9-8-18(10-14(20)21)13(19)6-7-17-15(22)11-2-4-12(16)5-3-11/h2-5H,6-10H2,1H3,(H,17,22)(H,20,21). The van der Waals surface area contributed by atoms with Crippen molar-refractivity contribution in [3.8, 4) is 0 Å². The molecule has 23 heavy (non-hydrogen) atoms. The van der Waals surface area contributed by atoms with Crippen molar-refractivity contribution in [1.29, 1.82) is 0 Å². The first-order valence-electron chi connectivity index (χ1n) is 6.96. The van der Waals surface area contributed by atoms with Crippen molar-refractivity contribution in [3.63, 3.8) is 0 Å². The van der Waals surface area contributed by atoms with Crippen LogP contribution in [0.2, 0.25) is 0 Å². The highest BCUT2D eigenvalue weighted by Gasteiger charge is 2.16. The number of halogens is 1. The fourth-order valence-electron chi connectivity index (χ4n) is 1.80. The van der Waals surface area contributed by atoms with Crippen LogP contribution >= 0.6 is 15.9 Å². The zero-order valence-electron chi connectivity index (χ0n) is 12.8. The molecule has 1 aromatic carbocycles. The number of nitrogens with zero attached hydrogens (tertiary/aromatic N) is 1. The SMILES string of the molecule is COCCN(CC(=O)O)C(=O)CCNC(=O)c1ccc(Br)cc1.